The fourth-order valence-electron chi connectivity index (χ4n) is 3.21. The number of nitrogens with zero attached hydrogens (tertiary/aromatic N) is 1. The van der Waals surface area contributed by atoms with E-state index in [0.717, 1.165) is 38.8 Å². The third-order valence-corrected chi connectivity index (χ3v) is 4.25. The lowest BCUT2D eigenvalue weighted by Crippen LogP contribution is -2.36. The third kappa shape index (κ3) is 3.84. The van der Waals surface area contributed by atoms with Crippen molar-refractivity contribution in [1.29, 1.82) is 0 Å². The van der Waals surface area contributed by atoms with Crippen molar-refractivity contribution in [1.82, 2.24) is 4.90 Å². The van der Waals surface area contributed by atoms with E-state index in [9.17, 15) is 9.90 Å². The van der Waals surface area contributed by atoms with E-state index in [4.69, 9.17) is 0 Å². The highest BCUT2D eigenvalue weighted by Crippen LogP contribution is 2.28. The molecule has 0 saturated carbocycles. The molecule has 2 heterocycles. The predicted octanol–water partition coefficient (Wildman–Crippen LogP) is 3.06. The topological polar surface area (TPSA) is 40.5 Å². The normalized spacial score (nSPS) is 36.1. The van der Waals surface area contributed by atoms with Gasteiger partial charge < -0.3 is 5.11 Å². The van der Waals surface area contributed by atoms with Gasteiger partial charge in [-0.1, -0.05) is 25.0 Å². The molecule has 3 nitrogen and oxygen atoms in total. The molecule has 0 radical (unpaired) electrons. The Kier molecular flexibility index (Phi) is 5.24. The summed E-state index contributed by atoms with van der Waals surface area (Å²) < 4.78 is 0. The average Bonchev–Trinajstić information content (AvgIpc) is 2.75. The summed E-state index contributed by atoms with van der Waals surface area (Å²) in [6, 6.07) is -0.220. The second-order valence-corrected chi connectivity index (χ2v) is 5.70. The number of aliphatic carboxylic acids is 1. The minimum atomic E-state index is -0.625. The molecule has 2 aliphatic heterocycles. The van der Waals surface area contributed by atoms with Crippen LogP contribution in [-0.2, 0) is 4.79 Å². The van der Waals surface area contributed by atoms with Crippen LogP contribution in [0.4, 0.5) is 0 Å². The molecule has 1 saturated heterocycles. The number of hydrogen-bond acceptors (Lipinski definition) is 2. The highest BCUT2D eigenvalue weighted by Gasteiger charge is 2.35. The average molecular weight is 251 g/mol. The van der Waals surface area contributed by atoms with Gasteiger partial charge in [-0.25, -0.2) is 0 Å². The van der Waals surface area contributed by atoms with Crippen molar-refractivity contribution in [2.24, 2.45) is 5.92 Å². The largest absolute Gasteiger partial charge is 0.480 e. The van der Waals surface area contributed by atoms with Crippen LogP contribution in [0.3, 0.4) is 0 Å². The van der Waals surface area contributed by atoms with Crippen molar-refractivity contribution in [3.05, 3.63) is 12.2 Å². The van der Waals surface area contributed by atoms with Crippen LogP contribution in [-0.4, -0.2) is 35.1 Å². The molecular formula is C15H25NO2. The van der Waals surface area contributed by atoms with Gasteiger partial charge in [0.15, 0.2) is 0 Å². The summed E-state index contributed by atoms with van der Waals surface area (Å²) in [6.07, 6.45) is 13.9. The van der Waals surface area contributed by atoms with Crippen molar-refractivity contribution in [3.8, 4) is 0 Å². The maximum Gasteiger partial charge on any atom is 0.320 e. The van der Waals surface area contributed by atoms with Gasteiger partial charge in [0, 0.05) is 6.54 Å². The van der Waals surface area contributed by atoms with Crippen LogP contribution >= 0.6 is 0 Å². The number of fused-ring (bicyclic) bond motifs is 2. The summed E-state index contributed by atoms with van der Waals surface area (Å²) in [5.74, 6) is -0.0448. The Morgan fingerprint density at radius 2 is 1.89 bits per heavy atom. The first-order chi connectivity index (χ1) is 8.77. The molecule has 0 amide bonds. The predicted molar refractivity (Wildman–Crippen MR) is 72.6 cm³/mol. The maximum atomic E-state index is 11.3. The Morgan fingerprint density at radius 1 is 1.11 bits per heavy atom. The van der Waals surface area contributed by atoms with Gasteiger partial charge in [-0.05, 0) is 51.0 Å². The number of carbonyl (C=O) groups is 1. The third-order valence-electron chi connectivity index (χ3n) is 4.25. The Bertz CT molecular complexity index is 301. The molecular weight excluding hydrogens is 226 g/mol. The van der Waals surface area contributed by atoms with Crippen LogP contribution in [0.15, 0.2) is 12.2 Å². The molecule has 0 aliphatic carbocycles. The van der Waals surface area contributed by atoms with E-state index in [1.165, 1.54) is 25.7 Å². The Labute approximate surface area is 110 Å². The molecule has 102 valence electrons. The number of hydrogen-bond donors (Lipinski definition) is 1. The quantitative estimate of drug-likeness (QED) is 0.728. The lowest BCUT2D eigenvalue weighted by molar-refractivity contribution is -0.142. The molecule has 2 aliphatic rings. The van der Waals surface area contributed by atoms with Gasteiger partial charge in [0.25, 0.3) is 0 Å². The fraction of sp³-hybridized carbons (Fsp3) is 0.800. The van der Waals surface area contributed by atoms with E-state index in [1.54, 1.807) is 0 Å². The SMILES string of the molecule is O=C(O)C1CC2CC/C=C\CCCCCCN1C2. The van der Waals surface area contributed by atoms with Crippen molar-refractivity contribution >= 4 is 5.97 Å². The summed E-state index contributed by atoms with van der Waals surface area (Å²) in [7, 11) is 0. The van der Waals surface area contributed by atoms with Gasteiger partial charge in [-0.2, -0.15) is 0 Å². The van der Waals surface area contributed by atoms with Crippen molar-refractivity contribution in [2.45, 2.75) is 57.4 Å². The van der Waals surface area contributed by atoms with Crippen LogP contribution in [0.2, 0.25) is 0 Å². The van der Waals surface area contributed by atoms with E-state index in [0.29, 0.717) is 5.92 Å². The van der Waals surface area contributed by atoms with Crippen LogP contribution < -0.4 is 0 Å². The summed E-state index contributed by atoms with van der Waals surface area (Å²) in [6.45, 7) is 1.96. The molecule has 0 aromatic rings. The molecule has 18 heavy (non-hydrogen) atoms. The standard InChI is InChI=1S/C15H25NO2/c17-15(18)14-11-13-9-7-5-3-1-2-4-6-8-10-16(14)12-13/h3,5,13-14H,1-2,4,6-12H2,(H,17,18)/b5-3-. The van der Waals surface area contributed by atoms with E-state index < -0.39 is 5.97 Å². The number of allylic oxidation sites excluding steroid dienone is 2. The number of carboxylic acids is 1. The summed E-state index contributed by atoms with van der Waals surface area (Å²) in [5.41, 5.74) is 0. The van der Waals surface area contributed by atoms with Gasteiger partial charge in [0.2, 0.25) is 0 Å². The van der Waals surface area contributed by atoms with Gasteiger partial charge in [0.05, 0.1) is 0 Å². The monoisotopic (exact) mass is 251 g/mol. The minimum Gasteiger partial charge on any atom is -0.480 e. The summed E-state index contributed by atoms with van der Waals surface area (Å²) in [4.78, 5) is 13.5. The van der Waals surface area contributed by atoms with Gasteiger partial charge in [0.1, 0.15) is 6.04 Å². The summed E-state index contributed by atoms with van der Waals surface area (Å²) in [5, 5.41) is 9.29. The second-order valence-electron chi connectivity index (χ2n) is 5.70. The number of carboxylic acid groups (broad SMARTS) is 1. The smallest absolute Gasteiger partial charge is 0.320 e. The molecule has 1 fully saturated rings. The van der Waals surface area contributed by atoms with Crippen LogP contribution in [0, 0.1) is 5.92 Å². The van der Waals surface area contributed by atoms with Crippen molar-refractivity contribution < 1.29 is 9.90 Å². The molecule has 1 N–H and O–H groups in total. The maximum absolute atomic E-state index is 11.3. The lowest BCUT2D eigenvalue weighted by atomic mass is 9.99. The number of rotatable bonds is 1. The highest BCUT2D eigenvalue weighted by molar-refractivity contribution is 5.73. The first-order valence-corrected chi connectivity index (χ1v) is 7.39. The van der Waals surface area contributed by atoms with Crippen LogP contribution in [0.25, 0.3) is 0 Å². The molecule has 3 heteroatoms. The van der Waals surface area contributed by atoms with E-state index >= 15 is 0 Å². The van der Waals surface area contributed by atoms with Crippen molar-refractivity contribution in [3.63, 3.8) is 0 Å². The van der Waals surface area contributed by atoms with Gasteiger partial charge in [-0.3, -0.25) is 9.69 Å². The van der Waals surface area contributed by atoms with Crippen LogP contribution in [0.5, 0.6) is 0 Å². The fourth-order valence-corrected chi connectivity index (χ4v) is 3.21. The van der Waals surface area contributed by atoms with Gasteiger partial charge >= 0.3 is 5.97 Å². The molecule has 0 aromatic carbocycles. The molecule has 2 rings (SSSR count). The van der Waals surface area contributed by atoms with E-state index in [-0.39, 0.29) is 6.04 Å². The minimum absolute atomic E-state index is 0.220. The molecule has 3 atom stereocenters. The molecule has 0 aromatic heterocycles. The lowest BCUT2D eigenvalue weighted by Gasteiger charge is -2.20. The first kappa shape index (κ1) is 13.6. The Balaban J connectivity index is 1.94. The first-order valence-electron chi connectivity index (χ1n) is 7.39. The van der Waals surface area contributed by atoms with Gasteiger partial charge in [-0.15, -0.1) is 0 Å². The Hall–Kier alpha value is -0.830. The Morgan fingerprint density at radius 3 is 2.72 bits per heavy atom. The molecule has 3 unspecified atom stereocenters. The molecule has 0 spiro atoms. The zero-order valence-electron chi connectivity index (χ0n) is 11.2. The summed E-state index contributed by atoms with van der Waals surface area (Å²) >= 11 is 0. The van der Waals surface area contributed by atoms with Crippen molar-refractivity contribution in [2.75, 3.05) is 13.1 Å². The second kappa shape index (κ2) is 6.93. The molecule has 2 bridgehead atoms. The van der Waals surface area contributed by atoms with Crippen LogP contribution in [0.1, 0.15) is 51.4 Å². The zero-order chi connectivity index (χ0) is 12.8. The van der Waals surface area contributed by atoms with E-state index in [1.807, 2.05) is 0 Å². The highest BCUT2D eigenvalue weighted by atomic mass is 16.4. The zero-order valence-corrected chi connectivity index (χ0v) is 11.2. The van der Waals surface area contributed by atoms with E-state index in [2.05, 4.69) is 17.1 Å².